The molecule has 0 bridgehead atoms. The van der Waals surface area contributed by atoms with Gasteiger partial charge in [0.1, 0.15) is 6.04 Å². The molecule has 3 rings (SSSR count). The molecule has 2 fully saturated rings. The van der Waals surface area contributed by atoms with Crippen molar-refractivity contribution in [2.24, 2.45) is 23.7 Å². The van der Waals surface area contributed by atoms with E-state index in [1.807, 2.05) is 19.1 Å². The number of allylic oxidation sites excluding steroid dienone is 1. The summed E-state index contributed by atoms with van der Waals surface area (Å²) in [5.74, 6) is -1.52. The maximum Gasteiger partial charge on any atom is 0.243 e. The number of nitrogens with zero attached hydrogens (tertiary/aromatic N) is 1. The van der Waals surface area contributed by atoms with Crippen LogP contribution in [0.25, 0.3) is 0 Å². The zero-order valence-corrected chi connectivity index (χ0v) is 19.0. The van der Waals surface area contributed by atoms with E-state index in [1.54, 1.807) is 11.9 Å². The number of aliphatic hydroxyl groups is 1. The molecule has 31 heavy (non-hydrogen) atoms. The van der Waals surface area contributed by atoms with E-state index < -0.39 is 17.9 Å². The van der Waals surface area contributed by atoms with Crippen molar-refractivity contribution in [3.8, 4) is 0 Å². The second-order valence-electron chi connectivity index (χ2n) is 9.44. The number of unbranched alkanes of at least 4 members (excludes halogenated alkanes) is 3. The lowest BCUT2D eigenvalue weighted by molar-refractivity contribution is -0.140. The van der Waals surface area contributed by atoms with Crippen LogP contribution < -0.4 is 10.6 Å². The minimum Gasteiger partial charge on any atom is -0.396 e. The maximum atomic E-state index is 13.5. The van der Waals surface area contributed by atoms with Gasteiger partial charge in [-0.05, 0) is 31.6 Å². The lowest BCUT2D eigenvalue weighted by Gasteiger charge is -2.33. The first-order chi connectivity index (χ1) is 15.0. The van der Waals surface area contributed by atoms with Crippen LogP contribution in [0.3, 0.4) is 0 Å². The van der Waals surface area contributed by atoms with Crippen molar-refractivity contribution < 1.29 is 19.5 Å². The summed E-state index contributed by atoms with van der Waals surface area (Å²) in [6, 6.07) is -0.365. The summed E-state index contributed by atoms with van der Waals surface area (Å²) in [5, 5.41) is 14.9. The quantitative estimate of drug-likeness (QED) is 0.383. The normalized spacial score (nSPS) is 30.9. The molecular weight excluding hydrogens is 394 g/mol. The number of aliphatic hydroxyl groups excluding tert-OH is 1. The van der Waals surface area contributed by atoms with Crippen LogP contribution in [0.4, 0.5) is 0 Å². The lowest BCUT2D eigenvalue weighted by Crippen LogP contribution is -2.50. The Bertz CT molecular complexity index is 674. The summed E-state index contributed by atoms with van der Waals surface area (Å²) in [7, 11) is 1.61. The smallest absolute Gasteiger partial charge is 0.243 e. The molecule has 0 unspecified atom stereocenters. The number of rotatable bonds is 9. The topological polar surface area (TPSA) is 98.7 Å². The zero-order valence-electron chi connectivity index (χ0n) is 19.0. The molecule has 1 saturated carbocycles. The van der Waals surface area contributed by atoms with Gasteiger partial charge in [0, 0.05) is 32.2 Å². The molecule has 3 amide bonds. The van der Waals surface area contributed by atoms with E-state index in [0.29, 0.717) is 6.54 Å². The molecule has 3 N–H and O–H groups in total. The van der Waals surface area contributed by atoms with Crippen molar-refractivity contribution >= 4 is 17.7 Å². The van der Waals surface area contributed by atoms with Gasteiger partial charge in [0.2, 0.25) is 17.7 Å². The third-order valence-electron chi connectivity index (χ3n) is 7.35. The first-order valence-electron chi connectivity index (χ1n) is 12.1. The number of fused-ring (bicyclic) bond motifs is 1. The highest BCUT2D eigenvalue weighted by Gasteiger charge is 2.56. The number of carbonyl (C=O) groups is 3. The van der Waals surface area contributed by atoms with Crippen LogP contribution in [0, 0.1) is 23.7 Å². The van der Waals surface area contributed by atoms with Gasteiger partial charge in [-0.2, -0.15) is 0 Å². The Morgan fingerprint density at radius 2 is 1.77 bits per heavy atom. The number of carbonyl (C=O) groups excluding carboxylic acids is 3. The fraction of sp³-hybridized carbons (Fsp3) is 0.792. The number of likely N-dealkylation sites (tertiary alicyclic amines) is 1. The van der Waals surface area contributed by atoms with Gasteiger partial charge in [-0.15, -0.1) is 0 Å². The molecule has 5 atom stereocenters. The molecule has 1 saturated heterocycles. The van der Waals surface area contributed by atoms with Gasteiger partial charge in [0.25, 0.3) is 0 Å². The minimum absolute atomic E-state index is 0.0447. The highest BCUT2D eigenvalue weighted by Crippen LogP contribution is 2.44. The number of hydrogen-bond donors (Lipinski definition) is 3. The van der Waals surface area contributed by atoms with Crippen LogP contribution in [-0.4, -0.2) is 60.0 Å². The summed E-state index contributed by atoms with van der Waals surface area (Å²) in [4.78, 5) is 41.3. The Hall–Kier alpha value is -1.89. The van der Waals surface area contributed by atoms with Gasteiger partial charge in [-0.3, -0.25) is 14.4 Å². The summed E-state index contributed by atoms with van der Waals surface area (Å²) < 4.78 is 0. The largest absolute Gasteiger partial charge is 0.396 e. The van der Waals surface area contributed by atoms with E-state index in [2.05, 4.69) is 10.6 Å². The number of amides is 3. The first-order valence-corrected chi connectivity index (χ1v) is 12.1. The molecule has 1 heterocycles. The van der Waals surface area contributed by atoms with E-state index in [0.717, 1.165) is 51.4 Å². The highest BCUT2D eigenvalue weighted by molar-refractivity contribution is 5.96. The molecule has 0 radical (unpaired) electrons. The Kier molecular flexibility index (Phi) is 8.52. The molecule has 7 nitrogen and oxygen atoms in total. The number of nitrogens with one attached hydrogen (secondary N) is 2. The van der Waals surface area contributed by atoms with Gasteiger partial charge in [0.05, 0.1) is 11.8 Å². The molecule has 3 aliphatic rings. The van der Waals surface area contributed by atoms with Crippen LogP contribution in [0.2, 0.25) is 0 Å². The fourth-order valence-electron chi connectivity index (χ4n) is 5.68. The van der Waals surface area contributed by atoms with Gasteiger partial charge < -0.3 is 20.6 Å². The van der Waals surface area contributed by atoms with Gasteiger partial charge in [-0.25, -0.2) is 0 Å². The van der Waals surface area contributed by atoms with Crippen LogP contribution in [0.1, 0.15) is 64.7 Å². The minimum atomic E-state index is -0.548. The van der Waals surface area contributed by atoms with Crippen molar-refractivity contribution in [3.05, 3.63) is 12.2 Å². The van der Waals surface area contributed by atoms with Crippen LogP contribution in [0.15, 0.2) is 12.2 Å². The molecular formula is C24H39N3O4. The Balaban J connectivity index is 1.80. The van der Waals surface area contributed by atoms with E-state index >= 15 is 0 Å². The zero-order chi connectivity index (χ0) is 22.4. The molecule has 0 aromatic heterocycles. The van der Waals surface area contributed by atoms with Gasteiger partial charge in [-0.1, -0.05) is 51.2 Å². The summed E-state index contributed by atoms with van der Waals surface area (Å²) in [5.41, 5.74) is 0. The van der Waals surface area contributed by atoms with E-state index in [1.165, 1.54) is 6.42 Å². The summed E-state index contributed by atoms with van der Waals surface area (Å²) in [6.45, 7) is 2.66. The Morgan fingerprint density at radius 1 is 1.06 bits per heavy atom. The molecule has 174 valence electrons. The summed E-state index contributed by atoms with van der Waals surface area (Å²) >= 11 is 0. The van der Waals surface area contributed by atoms with Gasteiger partial charge >= 0.3 is 0 Å². The molecule has 0 aromatic rings. The molecule has 7 heteroatoms. The number of hydrogen-bond acceptors (Lipinski definition) is 4. The van der Waals surface area contributed by atoms with Crippen LogP contribution in [0.5, 0.6) is 0 Å². The average molecular weight is 434 g/mol. The summed E-state index contributed by atoms with van der Waals surface area (Å²) in [6.07, 6.45) is 12.8. The van der Waals surface area contributed by atoms with Gasteiger partial charge in [0.15, 0.2) is 0 Å². The predicted molar refractivity (Wildman–Crippen MR) is 119 cm³/mol. The van der Waals surface area contributed by atoms with Crippen molar-refractivity contribution in [2.45, 2.75) is 76.8 Å². The fourth-order valence-corrected chi connectivity index (χ4v) is 5.68. The molecule has 2 aliphatic carbocycles. The molecule has 1 aliphatic heterocycles. The van der Waals surface area contributed by atoms with Crippen molar-refractivity contribution in [2.75, 3.05) is 20.2 Å². The van der Waals surface area contributed by atoms with Crippen molar-refractivity contribution in [1.82, 2.24) is 15.5 Å². The van der Waals surface area contributed by atoms with Crippen molar-refractivity contribution in [1.29, 1.82) is 0 Å². The van der Waals surface area contributed by atoms with Crippen LogP contribution in [-0.2, 0) is 14.4 Å². The van der Waals surface area contributed by atoms with Crippen LogP contribution >= 0.6 is 0 Å². The second-order valence-corrected chi connectivity index (χ2v) is 9.44. The lowest BCUT2D eigenvalue weighted by atomic mass is 9.70. The molecule has 0 spiro atoms. The Labute approximate surface area is 186 Å². The standard InChI is InChI=1S/C24H39N3O4/c1-16-12-13-18-20(19(16)22(29)25-2)24(31)27(14-8-3-4-9-15-28)21(18)23(30)26-17-10-6-5-7-11-17/h12-13,16-21,28H,3-11,14-15H2,1-2H3,(H,25,29)(H,26,30)/t16-,18+,19-,20+,21+/m1/s1. The third-order valence-corrected chi connectivity index (χ3v) is 7.35. The Morgan fingerprint density at radius 3 is 2.45 bits per heavy atom. The first kappa shape index (κ1) is 23.8. The van der Waals surface area contributed by atoms with Crippen molar-refractivity contribution in [3.63, 3.8) is 0 Å². The third kappa shape index (κ3) is 5.30. The van der Waals surface area contributed by atoms with E-state index in [9.17, 15) is 14.4 Å². The highest BCUT2D eigenvalue weighted by atomic mass is 16.3. The maximum absolute atomic E-state index is 13.5. The SMILES string of the molecule is CNC(=O)[C@H]1[C@H]2C(=O)N(CCCCCCO)[C@H](C(=O)NC3CCCCC3)[C@H]2C=C[C@H]1C. The average Bonchev–Trinajstić information content (AvgIpc) is 3.05. The molecule has 0 aromatic carbocycles. The van der Waals surface area contributed by atoms with E-state index in [4.69, 9.17) is 5.11 Å². The predicted octanol–water partition coefficient (Wildman–Crippen LogP) is 2.00. The second kappa shape index (κ2) is 11.1. The van der Waals surface area contributed by atoms with E-state index in [-0.39, 0.29) is 42.2 Å². The monoisotopic (exact) mass is 433 g/mol.